The van der Waals surface area contributed by atoms with Crippen molar-refractivity contribution in [2.45, 2.75) is 25.8 Å². The Balaban J connectivity index is 1.55. The number of aryl methyl sites for hydroxylation is 1. The minimum Gasteiger partial charge on any atom is -0.507 e. The Kier molecular flexibility index (Phi) is 4.34. The number of amides is 1. The maximum Gasteiger partial charge on any atom is 0.264 e. The van der Waals surface area contributed by atoms with Gasteiger partial charge in [0.2, 0.25) is 0 Å². The summed E-state index contributed by atoms with van der Waals surface area (Å²) in [5.74, 6) is 0.198. The molecule has 1 aliphatic rings. The van der Waals surface area contributed by atoms with Crippen molar-refractivity contribution in [2.75, 3.05) is 18.4 Å². The summed E-state index contributed by atoms with van der Waals surface area (Å²) in [5.41, 5.74) is 2.39. The fraction of sp³-hybridized carbons (Fsp3) is 0.353. The molecule has 0 spiro atoms. The smallest absolute Gasteiger partial charge is 0.264 e. The third-order valence-corrected chi connectivity index (χ3v) is 4.87. The fourth-order valence-corrected chi connectivity index (χ4v) is 3.53. The van der Waals surface area contributed by atoms with Gasteiger partial charge in [0, 0.05) is 36.3 Å². The number of thiophene rings is 1. The highest BCUT2D eigenvalue weighted by atomic mass is 32.1. The predicted molar refractivity (Wildman–Crippen MR) is 89.7 cm³/mol. The number of likely N-dealkylation sites (tertiary alicyclic amines) is 1. The van der Waals surface area contributed by atoms with Gasteiger partial charge in [0.1, 0.15) is 5.75 Å². The molecule has 0 saturated carbocycles. The van der Waals surface area contributed by atoms with Gasteiger partial charge in [-0.3, -0.25) is 4.79 Å². The molecule has 1 aliphatic heterocycles. The van der Waals surface area contributed by atoms with E-state index in [0.29, 0.717) is 10.9 Å². The second-order valence-electron chi connectivity index (χ2n) is 5.75. The molecule has 0 unspecified atom stereocenters. The van der Waals surface area contributed by atoms with Gasteiger partial charge in [-0.05, 0) is 37.5 Å². The van der Waals surface area contributed by atoms with E-state index >= 15 is 0 Å². The highest BCUT2D eigenvalue weighted by molar-refractivity contribution is 7.12. The van der Waals surface area contributed by atoms with Crippen LogP contribution in [0.5, 0.6) is 5.75 Å². The standard InChI is InChI=1S/C17H20N2O2S/c1-12-3-2-4-14(9-12)18-13-5-7-19(8-6-13)17(21)16-10-15(20)11-22-16/h2-4,9-11,13,18,20H,5-8H2,1H3. The van der Waals surface area contributed by atoms with Gasteiger partial charge >= 0.3 is 0 Å². The number of carbonyl (C=O) groups is 1. The van der Waals surface area contributed by atoms with Crippen molar-refractivity contribution in [1.82, 2.24) is 4.90 Å². The summed E-state index contributed by atoms with van der Waals surface area (Å²) in [4.78, 5) is 14.8. The molecule has 0 bridgehead atoms. The first kappa shape index (κ1) is 14.9. The van der Waals surface area contributed by atoms with E-state index in [0.717, 1.165) is 31.6 Å². The van der Waals surface area contributed by atoms with Crippen LogP contribution in [0, 0.1) is 6.92 Å². The van der Waals surface area contributed by atoms with Gasteiger partial charge in [0.05, 0.1) is 4.88 Å². The zero-order valence-electron chi connectivity index (χ0n) is 12.6. The first-order valence-electron chi connectivity index (χ1n) is 7.52. The molecule has 2 aromatic rings. The summed E-state index contributed by atoms with van der Waals surface area (Å²) in [7, 11) is 0. The van der Waals surface area contributed by atoms with E-state index in [2.05, 4.69) is 36.5 Å². The molecule has 2 heterocycles. The Morgan fingerprint density at radius 2 is 2.09 bits per heavy atom. The summed E-state index contributed by atoms with van der Waals surface area (Å²) >= 11 is 1.30. The van der Waals surface area contributed by atoms with E-state index in [1.54, 1.807) is 11.4 Å². The number of nitrogens with zero attached hydrogens (tertiary/aromatic N) is 1. The number of rotatable bonds is 3. The Bertz CT molecular complexity index is 660. The minimum absolute atomic E-state index is 0.0271. The van der Waals surface area contributed by atoms with E-state index in [4.69, 9.17) is 0 Å². The molecule has 22 heavy (non-hydrogen) atoms. The largest absolute Gasteiger partial charge is 0.507 e. The highest BCUT2D eigenvalue weighted by Crippen LogP contribution is 2.24. The number of carbonyl (C=O) groups excluding carboxylic acids is 1. The minimum atomic E-state index is 0.0271. The van der Waals surface area contributed by atoms with Crippen molar-refractivity contribution in [2.24, 2.45) is 0 Å². The molecular formula is C17H20N2O2S. The molecule has 0 aliphatic carbocycles. The van der Waals surface area contributed by atoms with Gasteiger partial charge in [-0.1, -0.05) is 12.1 Å². The van der Waals surface area contributed by atoms with Gasteiger partial charge in [-0.25, -0.2) is 0 Å². The zero-order valence-corrected chi connectivity index (χ0v) is 13.4. The average molecular weight is 316 g/mol. The third-order valence-electron chi connectivity index (χ3n) is 3.97. The quantitative estimate of drug-likeness (QED) is 0.911. The molecule has 5 heteroatoms. The predicted octanol–water partition coefficient (Wildman–Crippen LogP) is 3.48. The van der Waals surface area contributed by atoms with E-state index in [-0.39, 0.29) is 11.7 Å². The van der Waals surface area contributed by atoms with E-state index < -0.39 is 0 Å². The Morgan fingerprint density at radius 1 is 1.32 bits per heavy atom. The Morgan fingerprint density at radius 3 is 2.73 bits per heavy atom. The van der Waals surface area contributed by atoms with Gasteiger partial charge in [-0.2, -0.15) is 0 Å². The highest BCUT2D eigenvalue weighted by Gasteiger charge is 2.24. The van der Waals surface area contributed by atoms with E-state index in [9.17, 15) is 9.90 Å². The van der Waals surface area contributed by atoms with Crippen molar-refractivity contribution >= 4 is 22.9 Å². The molecule has 1 amide bonds. The Hall–Kier alpha value is -2.01. The monoisotopic (exact) mass is 316 g/mol. The molecule has 0 radical (unpaired) electrons. The maximum atomic E-state index is 12.3. The topological polar surface area (TPSA) is 52.6 Å². The van der Waals surface area contributed by atoms with Gasteiger partial charge in [0.15, 0.2) is 0 Å². The van der Waals surface area contributed by atoms with Gasteiger partial charge < -0.3 is 15.3 Å². The van der Waals surface area contributed by atoms with Crippen LogP contribution >= 0.6 is 11.3 Å². The number of nitrogens with one attached hydrogen (secondary N) is 1. The molecule has 1 saturated heterocycles. The first-order chi connectivity index (χ1) is 10.6. The maximum absolute atomic E-state index is 12.3. The van der Waals surface area contributed by atoms with Crippen LogP contribution in [0.3, 0.4) is 0 Å². The molecule has 4 nitrogen and oxygen atoms in total. The van der Waals surface area contributed by atoms with Crippen molar-refractivity contribution < 1.29 is 9.90 Å². The van der Waals surface area contributed by atoms with Gasteiger partial charge in [0.25, 0.3) is 5.91 Å². The van der Waals surface area contributed by atoms with Crippen molar-refractivity contribution in [1.29, 1.82) is 0 Å². The van der Waals surface area contributed by atoms with E-state index in [1.165, 1.54) is 16.9 Å². The van der Waals surface area contributed by atoms with Crippen LogP contribution in [0.2, 0.25) is 0 Å². The van der Waals surface area contributed by atoms with Crippen LogP contribution in [-0.4, -0.2) is 35.0 Å². The molecule has 1 fully saturated rings. The van der Waals surface area contributed by atoms with Gasteiger partial charge in [-0.15, -0.1) is 11.3 Å². The third kappa shape index (κ3) is 3.42. The number of hydrogen-bond acceptors (Lipinski definition) is 4. The van der Waals surface area contributed by atoms with Crippen LogP contribution in [-0.2, 0) is 0 Å². The fourth-order valence-electron chi connectivity index (χ4n) is 2.79. The van der Waals surface area contributed by atoms with Crippen LogP contribution in [0.4, 0.5) is 5.69 Å². The first-order valence-corrected chi connectivity index (χ1v) is 8.40. The summed E-state index contributed by atoms with van der Waals surface area (Å²) in [5, 5.41) is 14.5. The number of piperidine rings is 1. The Labute approximate surface area is 134 Å². The second kappa shape index (κ2) is 6.40. The normalized spacial score (nSPS) is 15.8. The number of aromatic hydroxyl groups is 1. The molecule has 2 N–H and O–H groups in total. The van der Waals surface area contributed by atoms with Crippen LogP contribution in [0.25, 0.3) is 0 Å². The number of benzene rings is 1. The van der Waals surface area contributed by atoms with Crippen molar-refractivity contribution in [3.63, 3.8) is 0 Å². The molecule has 116 valence electrons. The lowest BCUT2D eigenvalue weighted by Gasteiger charge is -2.32. The average Bonchev–Trinajstić information content (AvgIpc) is 2.94. The molecule has 1 aromatic carbocycles. The van der Waals surface area contributed by atoms with Crippen LogP contribution in [0.1, 0.15) is 28.1 Å². The van der Waals surface area contributed by atoms with Crippen molar-refractivity contribution in [3.8, 4) is 5.75 Å². The summed E-state index contributed by atoms with van der Waals surface area (Å²) in [6, 6.07) is 10.3. The SMILES string of the molecule is Cc1cccc(NC2CCN(C(=O)c3cc(O)cs3)CC2)c1. The molecule has 1 aromatic heterocycles. The summed E-state index contributed by atoms with van der Waals surface area (Å²) in [6.45, 7) is 3.59. The summed E-state index contributed by atoms with van der Waals surface area (Å²) < 4.78 is 0. The van der Waals surface area contributed by atoms with E-state index in [1.807, 2.05) is 4.90 Å². The molecular weight excluding hydrogens is 296 g/mol. The lowest BCUT2D eigenvalue weighted by molar-refractivity contribution is 0.0723. The lowest BCUT2D eigenvalue weighted by Crippen LogP contribution is -2.42. The second-order valence-corrected chi connectivity index (χ2v) is 6.66. The van der Waals surface area contributed by atoms with Crippen LogP contribution < -0.4 is 5.32 Å². The zero-order chi connectivity index (χ0) is 15.5. The van der Waals surface area contributed by atoms with Crippen molar-refractivity contribution in [3.05, 3.63) is 46.2 Å². The summed E-state index contributed by atoms with van der Waals surface area (Å²) in [6.07, 6.45) is 1.88. The molecule has 3 rings (SSSR count). The van der Waals surface area contributed by atoms with Crippen LogP contribution in [0.15, 0.2) is 35.7 Å². The molecule has 0 atom stereocenters. The number of anilines is 1. The number of hydrogen-bond donors (Lipinski definition) is 2. The lowest BCUT2D eigenvalue weighted by atomic mass is 10.0.